The molecule has 0 fully saturated rings. The minimum atomic E-state index is 0.254. The van der Waals surface area contributed by atoms with Crippen LogP contribution in [0.2, 0.25) is 0 Å². The summed E-state index contributed by atoms with van der Waals surface area (Å²) in [7, 11) is 0. The third-order valence-corrected chi connectivity index (χ3v) is 3.57. The van der Waals surface area contributed by atoms with Gasteiger partial charge >= 0.3 is 0 Å². The van der Waals surface area contributed by atoms with E-state index in [1.807, 2.05) is 33.8 Å². The molecule has 0 saturated heterocycles. The summed E-state index contributed by atoms with van der Waals surface area (Å²) in [5, 5.41) is 0.254. The second-order valence-electron chi connectivity index (χ2n) is 3.83. The monoisotopic (exact) mass is 290 g/mol. The summed E-state index contributed by atoms with van der Waals surface area (Å²) in [6.07, 6.45) is 0. The van der Waals surface area contributed by atoms with Crippen molar-refractivity contribution in [2.75, 3.05) is 0 Å². The van der Waals surface area contributed by atoms with Gasteiger partial charge in [0.15, 0.2) is 5.37 Å². The van der Waals surface area contributed by atoms with E-state index < -0.39 is 0 Å². The number of thioether (sulfide) groups is 1. The SMILES string of the molecule is CC.CC.Cc1ccc(SC([NH3+])c2ccccc2)cc1. The van der Waals surface area contributed by atoms with E-state index in [1.54, 1.807) is 11.8 Å². The van der Waals surface area contributed by atoms with Crippen molar-refractivity contribution in [3.8, 4) is 0 Å². The molecule has 0 aromatic heterocycles. The van der Waals surface area contributed by atoms with E-state index in [2.05, 4.69) is 61.2 Å². The highest BCUT2D eigenvalue weighted by Crippen LogP contribution is 2.29. The average molecular weight is 290 g/mol. The van der Waals surface area contributed by atoms with Crippen LogP contribution in [0, 0.1) is 6.92 Å². The van der Waals surface area contributed by atoms with E-state index >= 15 is 0 Å². The van der Waals surface area contributed by atoms with Crippen LogP contribution in [0.25, 0.3) is 0 Å². The lowest BCUT2D eigenvalue weighted by Crippen LogP contribution is -2.51. The second kappa shape index (κ2) is 11.6. The minimum absolute atomic E-state index is 0.254. The zero-order valence-electron chi connectivity index (χ0n) is 13.4. The molecule has 110 valence electrons. The zero-order chi connectivity index (χ0) is 15.4. The quantitative estimate of drug-likeness (QED) is 0.619. The number of aryl methyl sites for hydroxylation is 1. The first-order valence-corrected chi connectivity index (χ1v) is 8.25. The fourth-order valence-electron chi connectivity index (χ4n) is 1.52. The van der Waals surface area contributed by atoms with Gasteiger partial charge in [-0.15, -0.1) is 0 Å². The van der Waals surface area contributed by atoms with Crippen LogP contribution in [0.5, 0.6) is 0 Å². The van der Waals surface area contributed by atoms with E-state index in [1.165, 1.54) is 16.0 Å². The third kappa shape index (κ3) is 6.78. The van der Waals surface area contributed by atoms with E-state index in [-0.39, 0.29) is 5.37 Å². The summed E-state index contributed by atoms with van der Waals surface area (Å²) in [4.78, 5) is 1.27. The first-order chi connectivity index (χ1) is 9.75. The number of hydrogen-bond acceptors (Lipinski definition) is 1. The number of hydrogen-bond donors (Lipinski definition) is 1. The van der Waals surface area contributed by atoms with E-state index in [0.29, 0.717) is 0 Å². The molecule has 0 heterocycles. The van der Waals surface area contributed by atoms with Crippen LogP contribution in [0.3, 0.4) is 0 Å². The first-order valence-electron chi connectivity index (χ1n) is 7.37. The molecular formula is C18H28NS+. The van der Waals surface area contributed by atoms with Crippen LogP contribution >= 0.6 is 11.8 Å². The van der Waals surface area contributed by atoms with Gasteiger partial charge in [-0.1, -0.05) is 87.5 Å². The molecule has 1 nitrogen and oxygen atoms in total. The van der Waals surface area contributed by atoms with Gasteiger partial charge in [-0.3, -0.25) is 0 Å². The topological polar surface area (TPSA) is 27.6 Å². The fraction of sp³-hybridized carbons (Fsp3) is 0.333. The molecule has 1 atom stereocenters. The lowest BCUT2D eigenvalue weighted by atomic mass is 10.2. The summed E-state index contributed by atoms with van der Waals surface area (Å²) >= 11 is 1.79. The molecule has 2 aromatic carbocycles. The lowest BCUT2D eigenvalue weighted by Gasteiger charge is -2.08. The third-order valence-electron chi connectivity index (χ3n) is 2.47. The van der Waals surface area contributed by atoms with Gasteiger partial charge in [-0.25, -0.2) is 0 Å². The summed E-state index contributed by atoms with van der Waals surface area (Å²) in [6, 6.07) is 19.0. The van der Waals surface area contributed by atoms with Crippen LogP contribution in [0.4, 0.5) is 0 Å². The van der Waals surface area contributed by atoms with Gasteiger partial charge in [0.05, 0.1) is 0 Å². The fourth-order valence-corrected chi connectivity index (χ4v) is 2.43. The van der Waals surface area contributed by atoms with Gasteiger partial charge < -0.3 is 5.73 Å². The van der Waals surface area contributed by atoms with E-state index in [9.17, 15) is 0 Å². The summed E-state index contributed by atoms with van der Waals surface area (Å²) in [5.41, 5.74) is 6.76. The maximum atomic E-state index is 4.19. The standard InChI is InChI=1S/C14H15NS.2C2H6/c1-11-7-9-13(10-8-11)16-14(15)12-5-3-2-4-6-12;2*1-2/h2-10,14H,15H2,1H3;2*1-2H3/p+1. The van der Waals surface area contributed by atoms with Crippen molar-refractivity contribution >= 4 is 11.8 Å². The minimum Gasteiger partial charge on any atom is -0.342 e. The zero-order valence-corrected chi connectivity index (χ0v) is 14.2. The second-order valence-corrected chi connectivity index (χ2v) is 5.11. The predicted octanol–water partition coefficient (Wildman–Crippen LogP) is 5.08. The summed E-state index contributed by atoms with van der Waals surface area (Å²) < 4.78 is 0. The number of quaternary nitrogens is 1. The van der Waals surface area contributed by atoms with Crippen molar-refractivity contribution in [2.24, 2.45) is 0 Å². The van der Waals surface area contributed by atoms with E-state index in [4.69, 9.17) is 0 Å². The Kier molecular flexibility index (Phi) is 10.8. The smallest absolute Gasteiger partial charge is 0.161 e. The van der Waals surface area contributed by atoms with Gasteiger partial charge in [0.1, 0.15) is 0 Å². The molecular weight excluding hydrogens is 262 g/mol. The van der Waals surface area contributed by atoms with Crippen molar-refractivity contribution in [1.29, 1.82) is 0 Å². The Hall–Kier alpha value is -1.25. The maximum absolute atomic E-state index is 4.19. The Morgan fingerprint density at radius 3 is 1.80 bits per heavy atom. The van der Waals surface area contributed by atoms with Crippen molar-refractivity contribution in [3.63, 3.8) is 0 Å². The average Bonchev–Trinajstić information content (AvgIpc) is 2.54. The van der Waals surface area contributed by atoms with Crippen LogP contribution < -0.4 is 5.73 Å². The van der Waals surface area contributed by atoms with Gasteiger partial charge in [-0.2, -0.15) is 0 Å². The van der Waals surface area contributed by atoms with Crippen molar-refractivity contribution < 1.29 is 5.73 Å². The van der Waals surface area contributed by atoms with Gasteiger partial charge in [0.25, 0.3) is 0 Å². The molecule has 0 amide bonds. The normalized spacial score (nSPS) is 10.5. The molecule has 2 aromatic rings. The number of rotatable bonds is 3. The molecule has 0 aliphatic rings. The molecule has 2 heteroatoms. The Labute approximate surface area is 128 Å². The van der Waals surface area contributed by atoms with Crippen LogP contribution in [0.15, 0.2) is 59.5 Å². The van der Waals surface area contributed by atoms with Crippen LogP contribution in [-0.2, 0) is 0 Å². The summed E-state index contributed by atoms with van der Waals surface area (Å²) in [5.74, 6) is 0. The number of benzene rings is 2. The highest BCUT2D eigenvalue weighted by Gasteiger charge is 2.10. The van der Waals surface area contributed by atoms with Crippen LogP contribution in [0.1, 0.15) is 44.2 Å². The predicted molar refractivity (Wildman–Crippen MR) is 91.8 cm³/mol. The van der Waals surface area contributed by atoms with Crippen molar-refractivity contribution in [2.45, 2.75) is 44.9 Å². The highest BCUT2D eigenvalue weighted by atomic mass is 32.2. The molecule has 3 N–H and O–H groups in total. The van der Waals surface area contributed by atoms with Crippen molar-refractivity contribution in [3.05, 3.63) is 65.7 Å². The van der Waals surface area contributed by atoms with E-state index in [0.717, 1.165) is 0 Å². The van der Waals surface area contributed by atoms with Gasteiger partial charge in [0, 0.05) is 10.5 Å². The lowest BCUT2D eigenvalue weighted by molar-refractivity contribution is -0.391. The molecule has 0 aliphatic heterocycles. The van der Waals surface area contributed by atoms with Gasteiger partial charge in [0.2, 0.25) is 0 Å². The molecule has 20 heavy (non-hydrogen) atoms. The Bertz CT molecular complexity index is 437. The Morgan fingerprint density at radius 2 is 1.30 bits per heavy atom. The van der Waals surface area contributed by atoms with Crippen molar-refractivity contribution in [1.82, 2.24) is 0 Å². The van der Waals surface area contributed by atoms with Crippen LogP contribution in [-0.4, -0.2) is 0 Å². The highest BCUT2D eigenvalue weighted by molar-refractivity contribution is 7.99. The Morgan fingerprint density at radius 1 is 0.800 bits per heavy atom. The Balaban J connectivity index is 0.000000829. The molecule has 1 unspecified atom stereocenters. The molecule has 2 rings (SSSR count). The summed E-state index contributed by atoms with van der Waals surface area (Å²) in [6.45, 7) is 10.1. The van der Waals surface area contributed by atoms with Gasteiger partial charge in [-0.05, 0) is 19.1 Å². The molecule has 0 aliphatic carbocycles. The molecule has 0 bridgehead atoms. The maximum Gasteiger partial charge on any atom is 0.161 e. The molecule has 0 spiro atoms. The first kappa shape index (κ1) is 18.8. The molecule has 0 saturated carbocycles. The largest absolute Gasteiger partial charge is 0.342 e. The molecule has 0 radical (unpaired) electrons.